The van der Waals surface area contributed by atoms with Crippen molar-refractivity contribution in [2.24, 2.45) is 0 Å². The molecule has 0 radical (unpaired) electrons. The zero-order chi connectivity index (χ0) is 30.2. The Morgan fingerprint density at radius 1 is 1.12 bits per heavy atom. The van der Waals surface area contributed by atoms with Crippen LogP contribution in [-0.2, 0) is 4.74 Å². The lowest BCUT2D eigenvalue weighted by Crippen LogP contribution is -2.42. The van der Waals surface area contributed by atoms with E-state index < -0.39 is 18.1 Å². The van der Waals surface area contributed by atoms with Crippen molar-refractivity contribution >= 4 is 11.7 Å². The summed E-state index contributed by atoms with van der Waals surface area (Å²) in [6.45, 7) is 10.3. The molecule has 0 spiro atoms. The maximum atomic E-state index is 13.3. The minimum atomic E-state index is -2.66. The zero-order valence-electron chi connectivity index (χ0n) is 24.1. The van der Waals surface area contributed by atoms with E-state index in [2.05, 4.69) is 26.3 Å². The van der Waals surface area contributed by atoms with Crippen LogP contribution in [0.15, 0.2) is 36.8 Å². The van der Waals surface area contributed by atoms with Gasteiger partial charge in [0.25, 0.3) is 6.43 Å². The number of hydrogen-bond acceptors (Lipinski definition) is 8. The lowest BCUT2D eigenvalue weighted by Gasteiger charge is -2.33. The first-order valence-corrected chi connectivity index (χ1v) is 13.7. The van der Waals surface area contributed by atoms with Gasteiger partial charge >= 0.3 is 6.09 Å². The fourth-order valence-corrected chi connectivity index (χ4v) is 5.02. The quantitative estimate of drug-likeness (QED) is 0.281. The first kappa shape index (κ1) is 28.9. The Labute approximate surface area is 241 Å². The number of fused-ring (bicyclic) bond motifs is 1. The molecule has 5 heterocycles. The van der Waals surface area contributed by atoms with E-state index in [1.807, 2.05) is 32.4 Å². The molecule has 1 atom stereocenters. The monoisotopic (exact) mass is 578 g/mol. The Bertz CT molecular complexity index is 1640. The first-order valence-electron chi connectivity index (χ1n) is 13.7. The van der Waals surface area contributed by atoms with Gasteiger partial charge in [-0.25, -0.2) is 23.2 Å². The van der Waals surface area contributed by atoms with E-state index in [4.69, 9.17) is 9.47 Å². The standard InChI is InChI=1S/C29H32F2N8O3/c1-17-26(35-36-39(17)22-6-8-37(9-7-22)28(40)42-29(3,4)5)19-11-24-34-16-23(13-32)38(24)25(12-19)41-18(2)20-10-21(27(30)31)15-33-14-20/h10-12,14-16,18,22,27H,6-9H2,1-5H3. The molecule has 1 fully saturated rings. The number of likely N-dealkylation sites (tertiary alicyclic amines) is 1. The summed E-state index contributed by atoms with van der Waals surface area (Å²) in [6, 6.07) is 7.05. The maximum Gasteiger partial charge on any atom is 0.410 e. The topological polar surface area (TPSA) is 123 Å². The summed E-state index contributed by atoms with van der Waals surface area (Å²) >= 11 is 0. The van der Waals surface area contributed by atoms with Crippen LogP contribution in [0.25, 0.3) is 16.9 Å². The van der Waals surface area contributed by atoms with Crippen LogP contribution in [0, 0.1) is 18.3 Å². The Kier molecular flexibility index (Phi) is 7.81. The Morgan fingerprint density at radius 3 is 2.50 bits per heavy atom. The molecule has 5 rings (SSSR count). The highest BCUT2D eigenvalue weighted by Crippen LogP contribution is 2.33. The van der Waals surface area contributed by atoms with Gasteiger partial charge in [-0.2, -0.15) is 5.26 Å². The molecule has 1 aliphatic rings. The van der Waals surface area contributed by atoms with Gasteiger partial charge in [-0.05, 0) is 59.6 Å². The predicted octanol–water partition coefficient (Wildman–Crippen LogP) is 5.82. The Balaban J connectivity index is 1.41. The molecule has 1 saturated heterocycles. The van der Waals surface area contributed by atoms with Gasteiger partial charge in [0.15, 0.2) is 0 Å². The van der Waals surface area contributed by atoms with Crippen LogP contribution >= 0.6 is 0 Å². The van der Waals surface area contributed by atoms with Gasteiger partial charge in [-0.1, -0.05) is 5.21 Å². The molecule has 0 aliphatic carbocycles. The third kappa shape index (κ3) is 5.88. The van der Waals surface area contributed by atoms with Crippen molar-refractivity contribution in [3.8, 4) is 23.2 Å². The molecule has 0 N–H and O–H groups in total. The van der Waals surface area contributed by atoms with Crippen molar-refractivity contribution < 1.29 is 23.0 Å². The largest absolute Gasteiger partial charge is 0.471 e. The minimum absolute atomic E-state index is 0.0515. The molecule has 4 aromatic heterocycles. The van der Waals surface area contributed by atoms with Gasteiger partial charge in [0.2, 0.25) is 5.88 Å². The zero-order valence-corrected chi connectivity index (χ0v) is 24.1. The van der Waals surface area contributed by atoms with Crippen LogP contribution in [0.1, 0.15) is 81.6 Å². The summed E-state index contributed by atoms with van der Waals surface area (Å²) < 4.78 is 41.7. The second-order valence-corrected chi connectivity index (χ2v) is 11.3. The fraction of sp³-hybridized carbons (Fsp3) is 0.448. The molecule has 42 heavy (non-hydrogen) atoms. The van der Waals surface area contributed by atoms with Crippen molar-refractivity contribution in [2.75, 3.05) is 13.1 Å². The smallest absolute Gasteiger partial charge is 0.410 e. The Morgan fingerprint density at radius 2 is 1.83 bits per heavy atom. The third-order valence-corrected chi connectivity index (χ3v) is 7.15. The second kappa shape index (κ2) is 11.3. The van der Waals surface area contributed by atoms with Gasteiger partial charge in [0, 0.05) is 48.2 Å². The molecule has 1 unspecified atom stereocenters. The average molecular weight is 579 g/mol. The number of nitriles is 1. The number of rotatable bonds is 6. The molecule has 1 aliphatic heterocycles. The number of hydrogen-bond donors (Lipinski definition) is 0. The van der Waals surface area contributed by atoms with Gasteiger partial charge in [0.05, 0.1) is 17.9 Å². The van der Waals surface area contributed by atoms with Crippen molar-refractivity contribution in [2.45, 2.75) is 71.6 Å². The first-order chi connectivity index (χ1) is 19.9. The van der Waals surface area contributed by atoms with Crippen molar-refractivity contribution in [3.05, 3.63) is 59.3 Å². The number of piperidine rings is 1. The van der Waals surface area contributed by atoms with E-state index in [1.54, 1.807) is 28.4 Å². The van der Waals surface area contributed by atoms with Gasteiger partial charge in [0.1, 0.15) is 34.8 Å². The molecule has 0 aromatic carbocycles. The maximum absolute atomic E-state index is 13.3. The summed E-state index contributed by atoms with van der Waals surface area (Å²) in [4.78, 5) is 22.5. The number of amides is 1. The number of nitrogens with zero attached hydrogens (tertiary/aromatic N) is 8. The van der Waals surface area contributed by atoms with Gasteiger partial charge < -0.3 is 14.4 Å². The number of imidazole rings is 1. The minimum Gasteiger partial charge on any atom is -0.471 e. The van der Waals surface area contributed by atoms with E-state index in [0.29, 0.717) is 54.3 Å². The predicted molar refractivity (Wildman–Crippen MR) is 148 cm³/mol. The summed E-state index contributed by atoms with van der Waals surface area (Å²) in [5.41, 5.74) is 2.55. The summed E-state index contributed by atoms with van der Waals surface area (Å²) in [6.07, 6.45) is 1.80. The van der Waals surface area contributed by atoms with Crippen molar-refractivity contribution in [1.29, 1.82) is 5.26 Å². The third-order valence-electron chi connectivity index (χ3n) is 7.15. The van der Waals surface area contributed by atoms with E-state index in [0.717, 1.165) is 11.9 Å². The summed E-state index contributed by atoms with van der Waals surface area (Å²) in [7, 11) is 0. The summed E-state index contributed by atoms with van der Waals surface area (Å²) in [5, 5.41) is 18.6. The van der Waals surface area contributed by atoms with Crippen LogP contribution in [0.5, 0.6) is 5.88 Å². The summed E-state index contributed by atoms with van der Waals surface area (Å²) in [5.74, 6) is 0.297. The molecule has 220 valence electrons. The average Bonchev–Trinajstić information content (AvgIpc) is 3.55. The number of halogens is 2. The highest BCUT2D eigenvalue weighted by atomic mass is 19.3. The molecule has 0 bridgehead atoms. The fourth-order valence-electron chi connectivity index (χ4n) is 5.02. The van der Waals surface area contributed by atoms with E-state index in [-0.39, 0.29) is 23.4 Å². The van der Waals surface area contributed by atoms with Crippen LogP contribution in [-0.4, -0.2) is 59.0 Å². The van der Waals surface area contributed by atoms with Crippen molar-refractivity contribution in [3.63, 3.8) is 0 Å². The second-order valence-electron chi connectivity index (χ2n) is 11.3. The van der Waals surface area contributed by atoms with Gasteiger partial charge in [-0.15, -0.1) is 5.10 Å². The van der Waals surface area contributed by atoms with E-state index >= 15 is 0 Å². The molecule has 13 heteroatoms. The number of carbonyl (C=O) groups excluding carboxylic acids is 1. The lowest BCUT2D eigenvalue weighted by molar-refractivity contribution is 0.0183. The number of alkyl halides is 2. The molecule has 11 nitrogen and oxygen atoms in total. The number of pyridine rings is 2. The number of ether oxygens (including phenoxy) is 2. The highest BCUT2D eigenvalue weighted by molar-refractivity contribution is 5.69. The SMILES string of the molecule is Cc1c(-c2cc(OC(C)c3cncc(C(F)F)c3)n3c(C#N)cnc3c2)nnn1C1CCN(C(=O)OC(C)(C)C)CC1. The van der Waals surface area contributed by atoms with E-state index in [9.17, 15) is 18.8 Å². The van der Waals surface area contributed by atoms with Crippen LogP contribution in [0.2, 0.25) is 0 Å². The molecule has 0 saturated carbocycles. The number of aromatic nitrogens is 6. The van der Waals surface area contributed by atoms with Crippen molar-refractivity contribution in [1.82, 2.24) is 34.3 Å². The normalized spacial score (nSPS) is 15.2. The number of carbonyl (C=O) groups is 1. The van der Waals surface area contributed by atoms with E-state index in [1.165, 1.54) is 18.5 Å². The molecule has 1 amide bonds. The highest BCUT2D eigenvalue weighted by Gasteiger charge is 2.29. The van der Waals surface area contributed by atoms with Crippen LogP contribution < -0.4 is 4.74 Å². The molecular weight excluding hydrogens is 546 g/mol. The van der Waals surface area contributed by atoms with Crippen LogP contribution in [0.3, 0.4) is 0 Å². The molecular formula is C29H32F2N8O3. The molecule has 4 aromatic rings. The van der Waals surface area contributed by atoms with Gasteiger partial charge in [-0.3, -0.25) is 9.38 Å². The Hall–Kier alpha value is -4.60. The van der Waals surface area contributed by atoms with Crippen LogP contribution in [0.4, 0.5) is 13.6 Å². The lowest BCUT2D eigenvalue weighted by atomic mass is 10.0.